The summed E-state index contributed by atoms with van der Waals surface area (Å²) in [6.07, 6.45) is 40.7. The highest BCUT2D eigenvalue weighted by atomic mass is 35.5. The van der Waals surface area contributed by atoms with E-state index in [0.29, 0.717) is 10.7 Å². The van der Waals surface area contributed by atoms with E-state index in [9.17, 15) is 0 Å². The molecule has 2 fully saturated rings. The van der Waals surface area contributed by atoms with Gasteiger partial charge in [-0.15, -0.1) is 0 Å². The van der Waals surface area contributed by atoms with Gasteiger partial charge < -0.3 is 0 Å². The molecule has 0 aromatic heterocycles. The molecule has 0 aromatic rings. The predicted octanol–water partition coefficient (Wildman–Crippen LogP) is 14.6. The second-order valence-electron chi connectivity index (χ2n) is 14.2. The lowest BCUT2D eigenvalue weighted by molar-refractivity contribution is 0.176. The molecule has 0 aromatic carbocycles. The van der Waals surface area contributed by atoms with Gasteiger partial charge in [0.15, 0.2) is 0 Å². The molecule has 2 saturated carbocycles. The van der Waals surface area contributed by atoms with Crippen LogP contribution in [-0.4, -0.2) is 5.25 Å². The molecule has 3 aliphatic rings. The van der Waals surface area contributed by atoms with Gasteiger partial charge in [0, 0.05) is 10.3 Å². The molecule has 0 heterocycles. The minimum absolute atomic E-state index is 0.500. The van der Waals surface area contributed by atoms with Crippen LogP contribution in [0.25, 0.3) is 0 Å². The minimum atomic E-state index is 0.500. The molecule has 0 aliphatic heterocycles. The number of hydrogen-bond donors (Lipinski definition) is 1. The summed E-state index contributed by atoms with van der Waals surface area (Å²) in [4.78, 5) is 0. The molecule has 2 heteroatoms. The molecule has 3 aliphatic carbocycles. The third-order valence-corrected chi connectivity index (χ3v) is 11.1. The Hall–Kier alpha value is -1.18. The van der Waals surface area contributed by atoms with Crippen LogP contribution in [0.2, 0.25) is 0 Å². The summed E-state index contributed by atoms with van der Waals surface area (Å²) >= 11 is 10.8. The molecule has 0 nitrogen and oxygen atoms in total. The fraction of sp³-hybridized carbons (Fsp3) is 0.667. The molecular weight excluding hydrogens is 572 g/mol. The molecule has 0 N–H and O–H groups in total. The number of fused-ring (bicyclic) bond motifs is 2. The smallest absolute Gasteiger partial charge is 0.0366 e. The molecule has 44 heavy (non-hydrogen) atoms. The lowest BCUT2D eigenvalue weighted by atomic mass is 9.64. The average molecular weight is 640 g/mol. The van der Waals surface area contributed by atoms with Crippen molar-refractivity contribution < 1.29 is 0 Å². The van der Waals surface area contributed by atoms with Crippen molar-refractivity contribution in [2.24, 2.45) is 17.3 Å². The van der Waals surface area contributed by atoms with Crippen molar-refractivity contribution in [2.45, 2.75) is 161 Å². The van der Waals surface area contributed by atoms with E-state index in [0.717, 1.165) is 42.6 Å². The first-order valence-electron chi connectivity index (χ1n) is 18.3. The van der Waals surface area contributed by atoms with Crippen molar-refractivity contribution in [1.82, 2.24) is 0 Å². The van der Waals surface area contributed by atoms with E-state index in [1.165, 1.54) is 114 Å². The quantitative estimate of drug-likeness (QED) is 0.0914. The maximum absolute atomic E-state index is 5.88. The molecule has 0 spiro atoms. The van der Waals surface area contributed by atoms with Gasteiger partial charge in [0.2, 0.25) is 0 Å². The minimum Gasteiger partial charge on any atom is -0.176 e. The predicted molar refractivity (Wildman–Crippen MR) is 204 cm³/mol. The van der Waals surface area contributed by atoms with E-state index in [2.05, 4.69) is 59.1 Å². The third kappa shape index (κ3) is 15.4. The Kier molecular flexibility index (Phi) is 19.8. The van der Waals surface area contributed by atoms with Gasteiger partial charge in [0.25, 0.3) is 0 Å². The number of rotatable bonds is 17. The number of unbranched alkanes of at least 4 members (excludes halogenated alkanes) is 1. The van der Waals surface area contributed by atoms with Crippen LogP contribution in [0.4, 0.5) is 0 Å². The van der Waals surface area contributed by atoms with Gasteiger partial charge >= 0.3 is 0 Å². The van der Waals surface area contributed by atoms with Crippen LogP contribution in [0.3, 0.4) is 0 Å². The maximum atomic E-state index is 5.88. The number of thiol groups is 1. The SMILES string of the molecule is C=C(CCCC1CC=C(C)C=C1C)CCC(S)CCCC(=C)C12CCCCC(CCC1)C2.CCC=C/C=C\C(Cl)=C/CCC. The van der Waals surface area contributed by atoms with Gasteiger partial charge in [-0.3, -0.25) is 0 Å². The molecule has 0 radical (unpaired) electrons. The van der Waals surface area contributed by atoms with Crippen LogP contribution < -0.4 is 0 Å². The lowest BCUT2D eigenvalue weighted by Crippen LogP contribution is -2.29. The van der Waals surface area contributed by atoms with Crippen LogP contribution in [0.15, 0.2) is 83.0 Å². The molecule has 0 amide bonds. The summed E-state index contributed by atoms with van der Waals surface area (Å²) in [7, 11) is 0. The highest BCUT2D eigenvalue weighted by molar-refractivity contribution is 7.80. The number of allylic oxidation sites excluding steroid dienone is 12. The average Bonchev–Trinajstić information content (AvgIpc) is 3.16. The molecule has 4 atom stereocenters. The zero-order valence-electron chi connectivity index (χ0n) is 29.2. The molecule has 4 unspecified atom stereocenters. The first-order chi connectivity index (χ1) is 21.2. The Morgan fingerprint density at radius 1 is 1.02 bits per heavy atom. The Labute approximate surface area is 284 Å². The summed E-state index contributed by atoms with van der Waals surface area (Å²) in [5.41, 5.74) is 6.53. The molecular formula is C42H67ClS. The van der Waals surface area contributed by atoms with Crippen LogP contribution in [0, 0.1) is 17.3 Å². The fourth-order valence-corrected chi connectivity index (χ4v) is 8.01. The van der Waals surface area contributed by atoms with Gasteiger partial charge in [-0.1, -0.05) is 136 Å². The van der Waals surface area contributed by atoms with E-state index < -0.39 is 0 Å². The third-order valence-electron chi connectivity index (χ3n) is 10.3. The Balaban J connectivity index is 0.000000477. The summed E-state index contributed by atoms with van der Waals surface area (Å²) in [5.74, 6) is 1.75. The maximum Gasteiger partial charge on any atom is 0.0366 e. The number of hydrogen-bond acceptors (Lipinski definition) is 1. The van der Waals surface area contributed by atoms with E-state index in [4.69, 9.17) is 24.2 Å². The summed E-state index contributed by atoms with van der Waals surface area (Å²) in [6.45, 7) is 17.8. The second kappa shape index (κ2) is 22.4. The van der Waals surface area contributed by atoms with Crippen molar-refractivity contribution >= 4 is 24.2 Å². The Morgan fingerprint density at radius 2 is 1.80 bits per heavy atom. The van der Waals surface area contributed by atoms with E-state index in [1.807, 2.05) is 24.3 Å². The largest absolute Gasteiger partial charge is 0.176 e. The van der Waals surface area contributed by atoms with Crippen molar-refractivity contribution in [3.05, 3.63) is 83.0 Å². The topological polar surface area (TPSA) is 0 Å². The summed E-state index contributed by atoms with van der Waals surface area (Å²) < 4.78 is 0. The van der Waals surface area contributed by atoms with Crippen LogP contribution in [0.5, 0.6) is 0 Å². The van der Waals surface area contributed by atoms with Crippen molar-refractivity contribution in [3.63, 3.8) is 0 Å². The first kappa shape index (κ1) is 39.0. The van der Waals surface area contributed by atoms with Crippen molar-refractivity contribution in [3.8, 4) is 0 Å². The normalized spacial score (nSPS) is 24.7. The Morgan fingerprint density at radius 3 is 2.55 bits per heavy atom. The fourth-order valence-electron chi connectivity index (χ4n) is 7.52. The molecule has 3 rings (SSSR count). The van der Waals surface area contributed by atoms with Gasteiger partial charge in [-0.2, -0.15) is 12.6 Å². The van der Waals surface area contributed by atoms with E-state index >= 15 is 0 Å². The molecule has 248 valence electrons. The highest BCUT2D eigenvalue weighted by Crippen LogP contribution is 2.52. The Bertz CT molecular complexity index is 1010. The van der Waals surface area contributed by atoms with Gasteiger partial charge in [-0.05, 0) is 127 Å². The van der Waals surface area contributed by atoms with E-state index in [-0.39, 0.29) is 0 Å². The number of halogens is 1. The zero-order chi connectivity index (χ0) is 32.2. The van der Waals surface area contributed by atoms with Crippen LogP contribution in [0.1, 0.15) is 156 Å². The molecule has 0 saturated heterocycles. The van der Waals surface area contributed by atoms with E-state index in [1.54, 1.807) is 11.1 Å². The first-order valence-corrected chi connectivity index (χ1v) is 19.1. The highest BCUT2D eigenvalue weighted by Gasteiger charge is 2.39. The zero-order valence-corrected chi connectivity index (χ0v) is 30.8. The van der Waals surface area contributed by atoms with Crippen LogP contribution >= 0.6 is 24.2 Å². The van der Waals surface area contributed by atoms with Crippen molar-refractivity contribution in [1.29, 1.82) is 0 Å². The summed E-state index contributed by atoms with van der Waals surface area (Å²) in [6, 6.07) is 0. The van der Waals surface area contributed by atoms with Crippen molar-refractivity contribution in [2.75, 3.05) is 0 Å². The van der Waals surface area contributed by atoms with Gasteiger partial charge in [0.1, 0.15) is 0 Å². The monoisotopic (exact) mass is 638 g/mol. The standard InChI is InChI=1S/C31H50S.C11H17Cl/c1-24(10-7-14-29-18-16-25(2)22-26(29)3)17-19-30(32)15-8-11-27(4)31-20-6-5-12-28(23-31)13-9-21-31;1-3-5-7-8-10-11(12)9-6-4-2/h16,22,28-30,32H,1,4-15,17-21,23H2,2-3H3;5,7-10H,3-4,6H2,1-2H3/b;7-5?,10-8-,11-9+. The van der Waals surface area contributed by atoms with Crippen LogP contribution in [-0.2, 0) is 0 Å². The lowest BCUT2D eigenvalue weighted by Gasteiger charge is -2.41. The summed E-state index contributed by atoms with van der Waals surface area (Å²) in [5, 5.41) is 1.35. The second-order valence-corrected chi connectivity index (χ2v) is 15.3. The van der Waals surface area contributed by atoms with Gasteiger partial charge in [-0.25, -0.2) is 0 Å². The van der Waals surface area contributed by atoms with Gasteiger partial charge in [0.05, 0.1) is 0 Å². The molecule has 2 bridgehead atoms.